The molecule has 28 heavy (non-hydrogen) atoms. The molecule has 0 aliphatic heterocycles. The zero-order valence-corrected chi connectivity index (χ0v) is 17.1. The van der Waals surface area contributed by atoms with Gasteiger partial charge in [-0.3, -0.25) is 4.79 Å². The van der Waals surface area contributed by atoms with Gasteiger partial charge >= 0.3 is 0 Å². The largest absolute Gasteiger partial charge is 0.507 e. The van der Waals surface area contributed by atoms with E-state index in [-0.39, 0.29) is 11.3 Å². The van der Waals surface area contributed by atoms with Gasteiger partial charge in [0.25, 0.3) is 5.91 Å². The molecule has 0 aliphatic rings. The highest BCUT2D eigenvalue weighted by Gasteiger charge is 2.11. The Morgan fingerprint density at radius 3 is 2.86 bits per heavy atom. The number of hydrogen-bond donors (Lipinski definition) is 2. The van der Waals surface area contributed by atoms with E-state index in [2.05, 4.69) is 33.4 Å². The van der Waals surface area contributed by atoms with Crippen molar-refractivity contribution in [1.82, 2.24) is 5.43 Å². The molecule has 0 bridgehead atoms. The molecule has 3 rings (SSSR count). The van der Waals surface area contributed by atoms with Crippen molar-refractivity contribution in [3.8, 4) is 11.5 Å². The minimum atomic E-state index is -0.497. The van der Waals surface area contributed by atoms with Crippen molar-refractivity contribution in [2.24, 2.45) is 5.10 Å². The number of carbonyl (C=O) groups excluding carboxylic acids is 1. The maximum atomic E-state index is 12.3. The average molecular weight is 441 g/mol. The van der Waals surface area contributed by atoms with Crippen molar-refractivity contribution in [3.05, 3.63) is 70.2 Å². The molecule has 0 spiro atoms. The number of amides is 1. The summed E-state index contributed by atoms with van der Waals surface area (Å²) in [7, 11) is 0. The number of phenolic OH excluding ortho intramolecular Hbond substituents is 1. The molecule has 5 nitrogen and oxygen atoms in total. The number of nitrogens with zero attached hydrogens (tertiary/aromatic N) is 1. The van der Waals surface area contributed by atoms with Crippen molar-refractivity contribution in [2.45, 2.75) is 19.8 Å². The number of nitrogens with one attached hydrogen (secondary N) is 1. The van der Waals surface area contributed by atoms with Crippen LogP contribution in [0.1, 0.15) is 35.7 Å². The third-order valence-electron chi connectivity index (χ3n) is 4.25. The molecule has 0 saturated carbocycles. The van der Waals surface area contributed by atoms with Gasteiger partial charge in [-0.15, -0.1) is 0 Å². The molecule has 0 unspecified atom stereocenters. The van der Waals surface area contributed by atoms with Gasteiger partial charge in [-0.25, -0.2) is 5.43 Å². The number of hydrazone groups is 1. The van der Waals surface area contributed by atoms with Crippen LogP contribution in [0, 0.1) is 0 Å². The molecule has 0 aromatic heterocycles. The molecule has 3 aromatic rings. The number of hydrogen-bond acceptors (Lipinski definition) is 4. The maximum absolute atomic E-state index is 12.3. The third kappa shape index (κ3) is 4.70. The highest BCUT2D eigenvalue weighted by atomic mass is 79.9. The molecule has 1 amide bonds. The zero-order valence-electron chi connectivity index (χ0n) is 15.5. The number of rotatable bonds is 7. The highest BCUT2D eigenvalue weighted by molar-refractivity contribution is 9.10. The predicted molar refractivity (Wildman–Crippen MR) is 115 cm³/mol. The lowest BCUT2D eigenvalue weighted by Gasteiger charge is -2.11. The van der Waals surface area contributed by atoms with Crippen molar-refractivity contribution >= 4 is 38.8 Å². The number of ether oxygens (including phenoxy) is 1. The molecule has 144 valence electrons. The molecular weight excluding hydrogens is 420 g/mol. The smallest absolute Gasteiger partial charge is 0.275 e. The fourth-order valence-corrected chi connectivity index (χ4v) is 3.13. The number of halogens is 1. The summed E-state index contributed by atoms with van der Waals surface area (Å²) < 4.78 is 6.61. The maximum Gasteiger partial charge on any atom is 0.275 e. The van der Waals surface area contributed by atoms with Gasteiger partial charge in [-0.05, 0) is 41.5 Å². The number of carbonyl (C=O) groups is 1. The minimum absolute atomic E-state index is 0.107. The van der Waals surface area contributed by atoms with Gasteiger partial charge in [-0.2, -0.15) is 5.10 Å². The van der Waals surface area contributed by atoms with Crippen LogP contribution < -0.4 is 10.2 Å². The Hall–Kier alpha value is -2.86. The topological polar surface area (TPSA) is 70.9 Å². The molecule has 2 N–H and O–H groups in total. The Kier molecular flexibility index (Phi) is 6.66. The first-order chi connectivity index (χ1) is 13.6. The summed E-state index contributed by atoms with van der Waals surface area (Å²) >= 11 is 3.29. The van der Waals surface area contributed by atoms with Gasteiger partial charge in [0.15, 0.2) is 0 Å². The van der Waals surface area contributed by atoms with Crippen LogP contribution in [0.3, 0.4) is 0 Å². The van der Waals surface area contributed by atoms with Crippen molar-refractivity contribution in [1.29, 1.82) is 0 Å². The summed E-state index contributed by atoms with van der Waals surface area (Å²) in [5, 5.41) is 16.0. The average Bonchev–Trinajstić information content (AvgIpc) is 2.71. The standard InChI is InChI=1S/C22H21BrN2O3/c1-2-3-12-28-21-11-8-15-6-4-5-7-17(15)19(21)14-24-25-22(27)18-13-16(23)9-10-20(18)26/h4-11,13-14,26H,2-3,12H2,1H3,(H,25,27)/b24-14-. The molecule has 0 aliphatic carbocycles. The monoisotopic (exact) mass is 440 g/mol. The molecule has 3 aromatic carbocycles. The molecule has 0 fully saturated rings. The van der Waals surface area contributed by atoms with Gasteiger partial charge in [0, 0.05) is 10.0 Å². The van der Waals surface area contributed by atoms with Crippen molar-refractivity contribution in [3.63, 3.8) is 0 Å². The molecule has 0 heterocycles. The van der Waals surface area contributed by atoms with Gasteiger partial charge in [-0.1, -0.05) is 59.6 Å². The van der Waals surface area contributed by atoms with E-state index in [1.54, 1.807) is 12.3 Å². The van der Waals surface area contributed by atoms with E-state index in [1.807, 2.05) is 36.4 Å². The number of fused-ring (bicyclic) bond motifs is 1. The SMILES string of the molecule is CCCCOc1ccc2ccccc2c1/C=N\NC(=O)c1cc(Br)ccc1O. The third-order valence-corrected chi connectivity index (χ3v) is 4.74. The van der Waals surface area contributed by atoms with E-state index >= 15 is 0 Å². The second-order valence-corrected chi connectivity index (χ2v) is 7.18. The van der Waals surface area contributed by atoms with E-state index in [0.29, 0.717) is 11.1 Å². The lowest BCUT2D eigenvalue weighted by atomic mass is 10.0. The Labute approximate surface area is 172 Å². The van der Waals surface area contributed by atoms with Gasteiger partial charge in [0.1, 0.15) is 11.5 Å². The van der Waals surface area contributed by atoms with Crippen LogP contribution >= 0.6 is 15.9 Å². The Morgan fingerprint density at radius 1 is 1.21 bits per heavy atom. The quantitative estimate of drug-likeness (QED) is 0.299. The molecule has 0 saturated heterocycles. The van der Waals surface area contributed by atoms with Crippen LogP contribution in [0.5, 0.6) is 11.5 Å². The summed E-state index contributed by atoms with van der Waals surface area (Å²) in [4.78, 5) is 12.3. The number of aromatic hydroxyl groups is 1. The van der Waals surface area contributed by atoms with E-state index < -0.39 is 5.91 Å². The van der Waals surface area contributed by atoms with Crippen LogP contribution in [-0.4, -0.2) is 23.8 Å². The van der Waals surface area contributed by atoms with Crippen LogP contribution in [0.25, 0.3) is 10.8 Å². The summed E-state index contributed by atoms with van der Waals surface area (Å²) in [5.74, 6) is 0.115. The lowest BCUT2D eigenvalue weighted by Crippen LogP contribution is -2.17. The first-order valence-electron chi connectivity index (χ1n) is 9.06. The Bertz CT molecular complexity index is 1020. The minimum Gasteiger partial charge on any atom is -0.507 e. The highest BCUT2D eigenvalue weighted by Crippen LogP contribution is 2.27. The predicted octanol–water partition coefficient (Wildman–Crippen LogP) is 5.25. The number of phenols is 1. The number of benzene rings is 3. The molecule has 6 heteroatoms. The first-order valence-corrected chi connectivity index (χ1v) is 9.86. The van der Waals surface area contributed by atoms with Crippen LogP contribution in [0.15, 0.2) is 64.2 Å². The van der Waals surface area contributed by atoms with Crippen molar-refractivity contribution in [2.75, 3.05) is 6.61 Å². The second kappa shape index (κ2) is 9.37. The fourth-order valence-electron chi connectivity index (χ4n) is 2.77. The second-order valence-electron chi connectivity index (χ2n) is 6.26. The molecular formula is C22H21BrN2O3. The number of unbranched alkanes of at least 4 members (excludes halogenated alkanes) is 1. The summed E-state index contributed by atoms with van der Waals surface area (Å²) in [5.41, 5.74) is 3.41. The summed E-state index contributed by atoms with van der Waals surface area (Å²) in [6.45, 7) is 2.73. The van der Waals surface area contributed by atoms with Gasteiger partial charge in [0.05, 0.1) is 18.4 Å². The van der Waals surface area contributed by atoms with Gasteiger partial charge in [0.2, 0.25) is 0 Å². The summed E-state index contributed by atoms with van der Waals surface area (Å²) in [6.07, 6.45) is 3.59. The zero-order chi connectivity index (χ0) is 19.9. The van der Waals surface area contributed by atoms with E-state index in [9.17, 15) is 9.90 Å². The van der Waals surface area contributed by atoms with E-state index in [4.69, 9.17) is 4.74 Å². The first kappa shape index (κ1) is 19.9. The van der Waals surface area contributed by atoms with Crippen LogP contribution in [0.4, 0.5) is 0 Å². The van der Waals surface area contributed by atoms with Crippen LogP contribution in [-0.2, 0) is 0 Å². The fraction of sp³-hybridized carbons (Fsp3) is 0.182. The van der Waals surface area contributed by atoms with Crippen molar-refractivity contribution < 1.29 is 14.6 Å². The van der Waals surface area contributed by atoms with Crippen LogP contribution in [0.2, 0.25) is 0 Å². The summed E-state index contributed by atoms with van der Waals surface area (Å²) in [6, 6.07) is 16.5. The Balaban J connectivity index is 1.86. The Morgan fingerprint density at radius 2 is 2.04 bits per heavy atom. The molecule has 0 radical (unpaired) electrons. The van der Waals surface area contributed by atoms with E-state index in [1.165, 1.54) is 12.1 Å². The normalized spacial score (nSPS) is 11.1. The lowest BCUT2D eigenvalue weighted by molar-refractivity contribution is 0.0952. The van der Waals surface area contributed by atoms with Gasteiger partial charge < -0.3 is 9.84 Å². The molecule has 0 atom stereocenters. The van der Waals surface area contributed by atoms with E-state index in [0.717, 1.165) is 34.9 Å².